The van der Waals surface area contributed by atoms with Gasteiger partial charge in [-0.1, -0.05) is 0 Å². The zero-order chi connectivity index (χ0) is 11.5. The molecule has 1 saturated heterocycles. The van der Waals surface area contributed by atoms with E-state index in [0.717, 1.165) is 11.3 Å². The quantitative estimate of drug-likeness (QED) is 0.713. The molecule has 0 aliphatic carbocycles. The molecule has 2 rings (SSSR count). The number of nitrogens with one attached hydrogen (secondary N) is 2. The summed E-state index contributed by atoms with van der Waals surface area (Å²) in [5, 5.41) is 16.4. The van der Waals surface area contributed by atoms with Crippen LogP contribution in [0.1, 0.15) is 21.7 Å². The number of hydrogen-bond acceptors (Lipinski definition) is 4. The molecule has 1 aliphatic heterocycles. The topological polar surface area (TPSA) is 78.4 Å². The van der Waals surface area contributed by atoms with E-state index in [4.69, 9.17) is 5.11 Å². The van der Waals surface area contributed by atoms with Crippen LogP contribution in [0.4, 0.5) is 0 Å². The molecule has 0 unspecified atom stereocenters. The number of carboxylic acids is 1. The molecule has 1 atom stereocenters. The molecule has 0 spiro atoms. The van der Waals surface area contributed by atoms with Crippen molar-refractivity contribution in [2.45, 2.75) is 19.0 Å². The molecule has 16 heavy (non-hydrogen) atoms. The zero-order valence-electron chi connectivity index (χ0n) is 8.53. The Morgan fingerprint density at radius 3 is 3.12 bits per heavy atom. The Hall–Kier alpha value is -1.40. The highest BCUT2D eigenvalue weighted by Crippen LogP contribution is 2.17. The third kappa shape index (κ3) is 2.23. The predicted octanol–water partition coefficient (Wildman–Crippen LogP) is 0.424. The third-order valence-electron chi connectivity index (χ3n) is 2.53. The van der Waals surface area contributed by atoms with Gasteiger partial charge in [-0.05, 0) is 17.9 Å². The summed E-state index contributed by atoms with van der Waals surface area (Å²) in [5.74, 6) is -0.928. The van der Waals surface area contributed by atoms with Crippen molar-refractivity contribution in [2.75, 3.05) is 6.54 Å². The van der Waals surface area contributed by atoms with Crippen molar-refractivity contribution in [3.63, 3.8) is 0 Å². The lowest BCUT2D eigenvalue weighted by Gasteiger charge is -2.08. The van der Waals surface area contributed by atoms with Crippen molar-refractivity contribution in [1.82, 2.24) is 10.6 Å². The fourth-order valence-electron chi connectivity index (χ4n) is 1.67. The van der Waals surface area contributed by atoms with E-state index in [1.807, 2.05) is 0 Å². The van der Waals surface area contributed by atoms with Gasteiger partial charge in [-0.15, -0.1) is 11.3 Å². The normalized spacial score (nSPS) is 19.8. The molecule has 0 saturated carbocycles. The van der Waals surface area contributed by atoms with Gasteiger partial charge in [-0.25, -0.2) is 4.79 Å². The van der Waals surface area contributed by atoms with Crippen LogP contribution < -0.4 is 10.6 Å². The smallest absolute Gasteiger partial charge is 0.336 e. The summed E-state index contributed by atoms with van der Waals surface area (Å²) >= 11 is 1.39. The molecule has 5 nitrogen and oxygen atoms in total. The van der Waals surface area contributed by atoms with Gasteiger partial charge in [0.15, 0.2) is 0 Å². The maximum absolute atomic E-state index is 11.3. The number of carboxylic acid groups (broad SMARTS) is 1. The molecule has 0 aromatic carbocycles. The van der Waals surface area contributed by atoms with Gasteiger partial charge in [-0.3, -0.25) is 4.79 Å². The van der Waals surface area contributed by atoms with Crippen molar-refractivity contribution >= 4 is 23.2 Å². The number of carbonyl (C=O) groups is 2. The van der Waals surface area contributed by atoms with Crippen LogP contribution in [-0.2, 0) is 11.3 Å². The predicted molar refractivity (Wildman–Crippen MR) is 59.5 cm³/mol. The fourth-order valence-corrected chi connectivity index (χ4v) is 2.49. The first-order valence-electron chi connectivity index (χ1n) is 4.99. The van der Waals surface area contributed by atoms with Gasteiger partial charge >= 0.3 is 5.97 Å². The van der Waals surface area contributed by atoms with E-state index < -0.39 is 5.97 Å². The van der Waals surface area contributed by atoms with E-state index in [9.17, 15) is 9.59 Å². The lowest BCUT2D eigenvalue weighted by atomic mass is 10.2. The van der Waals surface area contributed by atoms with Gasteiger partial charge in [-0.2, -0.15) is 0 Å². The van der Waals surface area contributed by atoms with Crippen molar-refractivity contribution in [2.24, 2.45) is 0 Å². The standard InChI is InChI=1S/C10H12N2O3S/c13-9-7(1-3-11-9)12-5-8-6(10(14)15)2-4-16-8/h2,4,7,12H,1,3,5H2,(H,11,13)(H,14,15)/t7-/m0/s1. The summed E-state index contributed by atoms with van der Waals surface area (Å²) in [5.41, 5.74) is 0.316. The molecule has 1 amide bonds. The summed E-state index contributed by atoms with van der Waals surface area (Å²) in [6.07, 6.45) is 0.757. The van der Waals surface area contributed by atoms with E-state index in [1.54, 1.807) is 11.4 Å². The Morgan fingerprint density at radius 1 is 1.69 bits per heavy atom. The molecular weight excluding hydrogens is 228 g/mol. The highest BCUT2D eigenvalue weighted by molar-refractivity contribution is 7.10. The second-order valence-corrected chi connectivity index (χ2v) is 4.58. The number of hydrogen-bond donors (Lipinski definition) is 3. The molecule has 1 aromatic rings. The lowest BCUT2D eigenvalue weighted by molar-refractivity contribution is -0.120. The Bertz CT molecular complexity index is 416. The maximum Gasteiger partial charge on any atom is 0.336 e. The second kappa shape index (κ2) is 4.63. The van der Waals surface area contributed by atoms with Crippen LogP contribution in [0, 0.1) is 0 Å². The molecule has 0 radical (unpaired) electrons. The van der Waals surface area contributed by atoms with E-state index >= 15 is 0 Å². The molecule has 3 N–H and O–H groups in total. The van der Waals surface area contributed by atoms with Gasteiger partial charge in [0.25, 0.3) is 0 Å². The second-order valence-electron chi connectivity index (χ2n) is 3.58. The van der Waals surface area contributed by atoms with Crippen LogP contribution in [0.25, 0.3) is 0 Å². The maximum atomic E-state index is 11.3. The number of rotatable bonds is 4. The Balaban J connectivity index is 1.96. The van der Waals surface area contributed by atoms with Crippen LogP contribution >= 0.6 is 11.3 Å². The van der Waals surface area contributed by atoms with Crippen LogP contribution in [0.3, 0.4) is 0 Å². The first-order valence-corrected chi connectivity index (χ1v) is 5.87. The van der Waals surface area contributed by atoms with Crippen LogP contribution in [-0.4, -0.2) is 29.6 Å². The first-order chi connectivity index (χ1) is 7.68. The summed E-state index contributed by atoms with van der Waals surface area (Å²) in [6, 6.07) is 1.39. The third-order valence-corrected chi connectivity index (χ3v) is 3.45. The minimum atomic E-state index is -0.922. The molecule has 86 valence electrons. The molecule has 0 bridgehead atoms. The average molecular weight is 240 g/mol. The van der Waals surface area contributed by atoms with Gasteiger partial charge in [0, 0.05) is 18.0 Å². The van der Waals surface area contributed by atoms with Crippen molar-refractivity contribution in [3.05, 3.63) is 21.9 Å². The minimum absolute atomic E-state index is 0.00608. The zero-order valence-corrected chi connectivity index (χ0v) is 9.34. The Kier molecular flexibility index (Phi) is 3.21. The Labute approximate surface area is 96.5 Å². The number of aromatic carboxylic acids is 1. The summed E-state index contributed by atoms with van der Waals surface area (Å²) in [7, 11) is 0. The molecular formula is C10H12N2O3S. The number of thiophene rings is 1. The summed E-state index contributed by atoms with van der Waals surface area (Å²) in [6.45, 7) is 1.12. The highest BCUT2D eigenvalue weighted by Gasteiger charge is 2.23. The van der Waals surface area contributed by atoms with E-state index in [-0.39, 0.29) is 11.9 Å². The largest absolute Gasteiger partial charge is 0.478 e. The molecule has 1 fully saturated rings. The average Bonchev–Trinajstić information content (AvgIpc) is 2.83. The fraction of sp³-hybridized carbons (Fsp3) is 0.400. The SMILES string of the molecule is O=C(O)c1ccsc1CN[C@H]1CCNC1=O. The summed E-state index contributed by atoms with van der Waals surface area (Å²) in [4.78, 5) is 22.9. The minimum Gasteiger partial charge on any atom is -0.478 e. The van der Waals surface area contributed by atoms with E-state index in [0.29, 0.717) is 18.7 Å². The van der Waals surface area contributed by atoms with Crippen LogP contribution in [0.15, 0.2) is 11.4 Å². The van der Waals surface area contributed by atoms with Gasteiger partial charge < -0.3 is 15.7 Å². The first kappa shape index (κ1) is 11.1. The molecule has 2 heterocycles. The Morgan fingerprint density at radius 2 is 2.50 bits per heavy atom. The van der Waals surface area contributed by atoms with Crippen molar-refractivity contribution < 1.29 is 14.7 Å². The number of amides is 1. The monoisotopic (exact) mass is 240 g/mol. The van der Waals surface area contributed by atoms with Crippen molar-refractivity contribution in [1.29, 1.82) is 0 Å². The highest BCUT2D eigenvalue weighted by atomic mass is 32.1. The van der Waals surface area contributed by atoms with E-state index in [2.05, 4.69) is 10.6 Å². The summed E-state index contributed by atoms with van der Waals surface area (Å²) < 4.78 is 0. The van der Waals surface area contributed by atoms with Gasteiger partial charge in [0.1, 0.15) is 0 Å². The van der Waals surface area contributed by atoms with E-state index in [1.165, 1.54) is 11.3 Å². The molecule has 1 aliphatic rings. The number of carbonyl (C=O) groups excluding carboxylic acids is 1. The molecule has 6 heteroatoms. The molecule has 1 aromatic heterocycles. The van der Waals surface area contributed by atoms with Crippen LogP contribution in [0.2, 0.25) is 0 Å². The van der Waals surface area contributed by atoms with Crippen LogP contribution in [0.5, 0.6) is 0 Å². The van der Waals surface area contributed by atoms with Crippen molar-refractivity contribution in [3.8, 4) is 0 Å². The van der Waals surface area contributed by atoms with Gasteiger partial charge in [0.05, 0.1) is 11.6 Å². The van der Waals surface area contributed by atoms with Gasteiger partial charge in [0.2, 0.25) is 5.91 Å². The lowest BCUT2D eigenvalue weighted by Crippen LogP contribution is -2.35.